The van der Waals surface area contributed by atoms with Gasteiger partial charge in [-0.15, -0.1) is 24.0 Å². The van der Waals surface area contributed by atoms with Crippen LogP contribution >= 0.6 is 24.0 Å². The summed E-state index contributed by atoms with van der Waals surface area (Å²) in [5.74, 6) is 0.301. The summed E-state index contributed by atoms with van der Waals surface area (Å²) in [6.45, 7) is 11.5. The molecular formula is C16H33F2IN4O2. The minimum absolute atomic E-state index is 0. The first-order valence-electron chi connectivity index (χ1n) is 8.39. The SMILES string of the molecule is CCNC(=NCC(CC)(CC)NC(=O)OC(C)(C)C)NCC(F)F.I. The van der Waals surface area contributed by atoms with Crippen molar-refractivity contribution in [3.8, 4) is 0 Å². The summed E-state index contributed by atoms with van der Waals surface area (Å²) >= 11 is 0. The highest BCUT2D eigenvalue weighted by molar-refractivity contribution is 14.0. The number of nitrogens with zero attached hydrogens (tertiary/aromatic N) is 1. The molecule has 0 radical (unpaired) electrons. The average molecular weight is 478 g/mol. The minimum Gasteiger partial charge on any atom is -0.444 e. The third-order valence-electron chi connectivity index (χ3n) is 3.43. The Kier molecular flexibility index (Phi) is 13.2. The molecule has 0 bridgehead atoms. The van der Waals surface area contributed by atoms with Crippen LogP contribution < -0.4 is 16.0 Å². The molecule has 0 unspecified atom stereocenters. The van der Waals surface area contributed by atoms with Gasteiger partial charge in [0.05, 0.1) is 18.6 Å². The van der Waals surface area contributed by atoms with Crippen LogP contribution in [-0.2, 0) is 4.74 Å². The van der Waals surface area contributed by atoms with Gasteiger partial charge >= 0.3 is 6.09 Å². The summed E-state index contributed by atoms with van der Waals surface area (Å²) in [4.78, 5) is 16.4. The van der Waals surface area contributed by atoms with E-state index in [2.05, 4.69) is 20.9 Å². The van der Waals surface area contributed by atoms with Gasteiger partial charge in [-0.3, -0.25) is 4.99 Å². The number of guanidine groups is 1. The van der Waals surface area contributed by atoms with Gasteiger partial charge in [-0.05, 0) is 40.5 Å². The molecule has 0 saturated heterocycles. The van der Waals surface area contributed by atoms with Crippen molar-refractivity contribution in [1.82, 2.24) is 16.0 Å². The molecule has 0 saturated carbocycles. The number of carbonyl (C=O) groups excluding carboxylic acids is 1. The number of hydrogen-bond acceptors (Lipinski definition) is 3. The van der Waals surface area contributed by atoms with Crippen LogP contribution in [0.5, 0.6) is 0 Å². The maximum absolute atomic E-state index is 12.4. The van der Waals surface area contributed by atoms with Crippen LogP contribution in [0.4, 0.5) is 13.6 Å². The zero-order valence-corrected chi connectivity index (χ0v) is 18.4. The monoisotopic (exact) mass is 478 g/mol. The lowest BCUT2D eigenvalue weighted by Crippen LogP contribution is -2.52. The Hall–Kier alpha value is -0.870. The van der Waals surface area contributed by atoms with Gasteiger partial charge in [0, 0.05) is 6.54 Å². The molecule has 0 aliphatic heterocycles. The normalized spacial score (nSPS) is 12.4. The lowest BCUT2D eigenvalue weighted by Gasteiger charge is -2.32. The topological polar surface area (TPSA) is 74.8 Å². The zero-order valence-electron chi connectivity index (χ0n) is 16.0. The molecule has 0 aliphatic rings. The average Bonchev–Trinajstić information content (AvgIpc) is 2.46. The van der Waals surface area contributed by atoms with Gasteiger partial charge in [0.2, 0.25) is 0 Å². The Labute approximate surface area is 167 Å². The third kappa shape index (κ3) is 12.2. The van der Waals surface area contributed by atoms with Gasteiger partial charge in [0.25, 0.3) is 6.43 Å². The van der Waals surface area contributed by atoms with Crippen LogP contribution in [0.3, 0.4) is 0 Å². The van der Waals surface area contributed by atoms with Crippen LogP contribution in [-0.4, -0.2) is 49.3 Å². The predicted octanol–water partition coefficient (Wildman–Crippen LogP) is 3.51. The van der Waals surface area contributed by atoms with Gasteiger partial charge in [-0.2, -0.15) is 0 Å². The number of rotatable bonds is 8. The Morgan fingerprint density at radius 1 is 1.12 bits per heavy atom. The first-order chi connectivity index (χ1) is 11.1. The summed E-state index contributed by atoms with van der Waals surface area (Å²) in [5, 5.41) is 8.37. The highest BCUT2D eigenvalue weighted by Gasteiger charge is 2.30. The summed E-state index contributed by atoms with van der Waals surface area (Å²) < 4.78 is 30.0. The van der Waals surface area contributed by atoms with E-state index in [4.69, 9.17) is 4.74 Å². The number of carbonyl (C=O) groups is 1. The molecule has 0 heterocycles. The summed E-state index contributed by atoms with van der Waals surface area (Å²) in [7, 11) is 0. The van der Waals surface area contributed by atoms with Crippen molar-refractivity contribution in [3.05, 3.63) is 0 Å². The quantitative estimate of drug-likeness (QED) is 0.284. The van der Waals surface area contributed by atoms with Crippen molar-refractivity contribution in [2.24, 2.45) is 4.99 Å². The highest BCUT2D eigenvalue weighted by atomic mass is 127. The fourth-order valence-corrected chi connectivity index (χ4v) is 1.96. The van der Waals surface area contributed by atoms with E-state index in [1.54, 1.807) is 20.8 Å². The molecule has 150 valence electrons. The molecule has 6 nitrogen and oxygen atoms in total. The summed E-state index contributed by atoms with van der Waals surface area (Å²) in [6.07, 6.45) is -1.69. The first-order valence-corrected chi connectivity index (χ1v) is 8.39. The molecule has 1 amide bonds. The van der Waals surface area contributed by atoms with Gasteiger partial charge in [-0.1, -0.05) is 13.8 Å². The first kappa shape index (κ1) is 26.4. The Bertz CT molecular complexity index is 411. The fraction of sp³-hybridized carbons (Fsp3) is 0.875. The van der Waals surface area contributed by atoms with Crippen LogP contribution in [0.25, 0.3) is 0 Å². The Morgan fingerprint density at radius 3 is 2.08 bits per heavy atom. The smallest absolute Gasteiger partial charge is 0.408 e. The molecule has 0 atom stereocenters. The van der Waals surface area contributed by atoms with E-state index in [1.807, 2.05) is 20.8 Å². The second-order valence-electron chi connectivity index (χ2n) is 6.58. The van der Waals surface area contributed by atoms with E-state index in [1.165, 1.54) is 0 Å². The van der Waals surface area contributed by atoms with E-state index < -0.39 is 30.2 Å². The standard InChI is InChI=1S/C16H32F2N4O2.HI/c1-7-16(8-2,22-14(23)24-15(4,5)6)11-21-13(19-9-3)20-10-12(17)18;/h12H,7-11H2,1-6H3,(H,22,23)(H2,19,20,21);1H. The lowest BCUT2D eigenvalue weighted by atomic mass is 9.93. The van der Waals surface area contributed by atoms with E-state index in [9.17, 15) is 13.6 Å². The van der Waals surface area contributed by atoms with Crippen LogP contribution in [0, 0.1) is 0 Å². The maximum Gasteiger partial charge on any atom is 0.408 e. The molecule has 25 heavy (non-hydrogen) atoms. The van der Waals surface area contributed by atoms with E-state index in [0.717, 1.165) is 0 Å². The van der Waals surface area contributed by atoms with Crippen molar-refractivity contribution in [3.63, 3.8) is 0 Å². The van der Waals surface area contributed by atoms with Crippen molar-refractivity contribution in [2.45, 2.75) is 71.9 Å². The zero-order chi connectivity index (χ0) is 18.8. The van der Waals surface area contributed by atoms with Crippen LogP contribution in [0.15, 0.2) is 4.99 Å². The molecule has 0 aromatic carbocycles. The van der Waals surface area contributed by atoms with Crippen LogP contribution in [0.1, 0.15) is 54.4 Å². The fourth-order valence-electron chi connectivity index (χ4n) is 1.96. The molecule has 3 N–H and O–H groups in total. The Morgan fingerprint density at radius 2 is 1.68 bits per heavy atom. The number of alkyl carbamates (subject to hydrolysis) is 1. The van der Waals surface area contributed by atoms with Gasteiger partial charge in [-0.25, -0.2) is 13.6 Å². The number of ether oxygens (including phenoxy) is 1. The van der Waals surface area contributed by atoms with Crippen molar-refractivity contribution in [2.75, 3.05) is 19.6 Å². The number of amides is 1. The molecular weight excluding hydrogens is 445 g/mol. The van der Waals surface area contributed by atoms with Crippen molar-refractivity contribution in [1.29, 1.82) is 0 Å². The number of hydrogen-bond donors (Lipinski definition) is 3. The van der Waals surface area contributed by atoms with Crippen LogP contribution in [0.2, 0.25) is 0 Å². The molecule has 0 spiro atoms. The molecule has 0 rings (SSSR count). The lowest BCUT2D eigenvalue weighted by molar-refractivity contribution is 0.0452. The molecule has 0 aliphatic carbocycles. The summed E-state index contributed by atoms with van der Waals surface area (Å²) in [6, 6.07) is 0. The second kappa shape index (κ2) is 12.5. The second-order valence-corrected chi connectivity index (χ2v) is 6.58. The largest absolute Gasteiger partial charge is 0.444 e. The molecule has 0 aromatic heterocycles. The predicted molar refractivity (Wildman–Crippen MR) is 108 cm³/mol. The number of nitrogens with one attached hydrogen (secondary N) is 3. The third-order valence-corrected chi connectivity index (χ3v) is 3.43. The maximum atomic E-state index is 12.4. The van der Waals surface area contributed by atoms with E-state index in [-0.39, 0.29) is 30.5 Å². The van der Waals surface area contributed by atoms with Gasteiger partial charge in [0.1, 0.15) is 5.60 Å². The van der Waals surface area contributed by atoms with Crippen molar-refractivity contribution < 1.29 is 18.3 Å². The molecule has 0 aromatic rings. The molecule has 9 heteroatoms. The minimum atomic E-state index is -2.46. The number of alkyl halides is 2. The van der Waals surface area contributed by atoms with E-state index >= 15 is 0 Å². The van der Waals surface area contributed by atoms with Gasteiger partial charge < -0.3 is 20.7 Å². The Balaban J connectivity index is 0. The van der Waals surface area contributed by atoms with Gasteiger partial charge in [0.15, 0.2) is 5.96 Å². The van der Waals surface area contributed by atoms with E-state index in [0.29, 0.717) is 25.3 Å². The number of halogens is 3. The molecule has 0 fully saturated rings. The van der Waals surface area contributed by atoms with Crippen molar-refractivity contribution >= 4 is 36.0 Å². The highest BCUT2D eigenvalue weighted by Crippen LogP contribution is 2.17. The number of aliphatic imine (C=N–C) groups is 1. The summed E-state index contributed by atoms with van der Waals surface area (Å²) in [5.41, 5.74) is -1.18.